The summed E-state index contributed by atoms with van der Waals surface area (Å²) in [5.74, 6) is 2.95. The van der Waals surface area contributed by atoms with E-state index in [2.05, 4.69) is 34.1 Å². The van der Waals surface area contributed by atoms with Crippen molar-refractivity contribution in [2.24, 2.45) is 17.6 Å². The SMILES string of the molecule is CNc1ccc2[nH]c(CC(CN)CC(C)C)nc2n1. The molecule has 104 valence electrons. The van der Waals surface area contributed by atoms with E-state index in [1.165, 1.54) is 0 Å². The van der Waals surface area contributed by atoms with Crippen molar-refractivity contribution in [3.63, 3.8) is 0 Å². The van der Waals surface area contributed by atoms with Gasteiger partial charge in [-0.3, -0.25) is 0 Å². The van der Waals surface area contributed by atoms with Crippen LogP contribution in [0.5, 0.6) is 0 Å². The Kier molecular flexibility index (Phi) is 4.37. The lowest BCUT2D eigenvalue weighted by Crippen LogP contribution is -2.19. The molecular formula is C14H23N5. The molecule has 19 heavy (non-hydrogen) atoms. The first-order chi connectivity index (χ1) is 9.12. The van der Waals surface area contributed by atoms with Gasteiger partial charge < -0.3 is 16.0 Å². The van der Waals surface area contributed by atoms with E-state index < -0.39 is 0 Å². The summed E-state index contributed by atoms with van der Waals surface area (Å²) in [6, 6.07) is 3.95. The maximum absolute atomic E-state index is 5.84. The lowest BCUT2D eigenvalue weighted by atomic mass is 9.94. The van der Waals surface area contributed by atoms with Gasteiger partial charge in [0.05, 0.1) is 5.52 Å². The summed E-state index contributed by atoms with van der Waals surface area (Å²) in [5.41, 5.74) is 7.59. The van der Waals surface area contributed by atoms with Gasteiger partial charge in [0.25, 0.3) is 0 Å². The maximum atomic E-state index is 5.84. The van der Waals surface area contributed by atoms with E-state index in [-0.39, 0.29) is 0 Å². The van der Waals surface area contributed by atoms with Gasteiger partial charge in [-0.15, -0.1) is 0 Å². The van der Waals surface area contributed by atoms with Crippen molar-refractivity contribution in [2.75, 3.05) is 18.9 Å². The van der Waals surface area contributed by atoms with Gasteiger partial charge in [-0.25, -0.2) is 9.97 Å². The first-order valence-corrected chi connectivity index (χ1v) is 6.85. The molecule has 0 aromatic carbocycles. The average molecular weight is 261 g/mol. The summed E-state index contributed by atoms with van der Waals surface area (Å²) in [4.78, 5) is 12.3. The summed E-state index contributed by atoms with van der Waals surface area (Å²) in [5, 5.41) is 3.02. The molecule has 0 spiro atoms. The fraction of sp³-hybridized carbons (Fsp3) is 0.571. The Morgan fingerprint density at radius 2 is 2.11 bits per heavy atom. The first-order valence-electron chi connectivity index (χ1n) is 6.85. The molecule has 5 heteroatoms. The Morgan fingerprint density at radius 1 is 1.32 bits per heavy atom. The van der Waals surface area contributed by atoms with Gasteiger partial charge in [0, 0.05) is 13.5 Å². The Balaban J connectivity index is 2.16. The molecule has 0 saturated carbocycles. The molecule has 4 N–H and O–H groups in total. The van der Waals surface area contributed by atoms with Crippen LogP contribution in [0.2, 0.25) is 0 Å². The van der Waals surface area contributed by atoms with Crippen molar-refractivity contribution >= 4 is 17.0 Å². The topological polar surface area (TPSA) is 79.6 Å². The smallest absolute Gasteiger partial charge is 0.179 e. The zero-order chi connectivity index (χ0) is 13.8. The normalized spacial score (nSPS) is 13.1. The zero-order valence-corrected chi connectivity index (χ0v) is 11.9. The number of nitrogens with two attached hydrogens (primary N) is 1. The number of aromatic amines is 1. The van der Waals surface area contributed by atoms with Crippen molar-refractivity contribution in [1.29, 1.82) is 0 Å². The number of fused-ring (bicyclic) bond motifs is 1. The third kappa shape index (κ3) is 3.44. The predicted octanol–water partition coefficient (Wildman–Crippen LogP) is 2.16. The molecular weight excluding hydrogens is 238 g/mol. The van der Waals surface area contributed by atoms with Crippen LogP contribution in [0.25, 0.3) is 11.2 Å². The average Bonchev–Trinajstić information content (AvgIpc) is 2.78. The minimum Gasteiger partial charge on any atom is -0.373 e. The van der Waals surface area contributed by atoms with E-state index in [9.17, 15) is 0 Å². The number of anilines is 1. The zero-order valence-electron chi connectivity index (χ0n) is 11.9. The molecule has 0 aliphatic heterocycles. The third-order valence-corrected chi connectivity index (χ3v) is 3.27. The van der Waals surface area contributed by atoms with Crippen molar-refractivity contribution in [1.82, 2.24) is 15.0 Å². The van der Waals surface area contributed by atoms with Gasteiger partial charge in [-0.2, -0.15) is 0 Å². The van der Waals surface area contributed by atoms with Gasteiger partial charge in [-0.1, -0.05) is 13.8 Å². The van der Waals surface area contributed by atoms with Crippen LogP contribution in [-0.4, -0.2) is 28.5 Å². The second-order valence-corrected chi connectivity index (χ2v) is 5.44. The third-order valence-electron chi connectivity index (χ3n) is 3.27. The standard InChI is InChI=1S/C14H23N5/c1-9(2)6-10(8-15)7-13-17-11-4-5-12(16-3)18-14(11)19-13/h4-5,9-10H,6-8,15H2,1-3H3,(H2,16,17,18,19). The van der Waals surface area contributed by atoms with E-state index in [1.54, 1.807) is 0 Å². The number of rotatable bonds is 6. The van der Waals surface area contributed by atoms with Crippen LogP contribution in [0, 0.1) is 11.8 Å². The van der Waals surface area contributed by atoms with E-state index in [0.717, 1.165) is 35.6 Å². The van der Waals surface area contributed by atoms with Crippen LogP contribution >= 0.6 is 0 Å². The van der Waals surface area contributed by atoms with Crippen LogP contribution in [0.4, 0.5) is 5.82 Å². The molecule has 0 bridgehead atoms. The van der Waals surface area contributed by atoms with Crippen LogP contribution in [0.3, 0.4) is 0 Å². The number of pyridine rings is 1. The number of nitrogens with zero attached hydrogens (tertiary/aromatic N) is 2. The monoisotopic (exact) mass is 261 g/mol. The van der Waals surface area contributed by atoms with Crippen LogP contribution in [-0.2, 0) is 6.42 Å². The Labute approximate surface area is 114 Å². The quantitative estimate of drug-likeness (QED) is 0.744. The van der Waals surface area contributed by atoms with Crippen LogP contribution in [0.15, 0.2) is 12.1 Å². The Bertz CT molecular complexity index is 532. The molecule has 0 saturated heterocycles. The van der Waals surface area contributed by atoms with Gasteiger partial charge in [-0.05, 0) is 36.9 Å². The summed E-state index contributed by atoms with van der Waals surface area (Å²) in [6.07, 6.45) is 2.02. The molecule has 2 aromatic rings. The first kappa shape index (κ1) is 13.8. The largest absolute Gasteiger partial charge is 0.373 e. The minimum absolute atomic E-state index is 0.476. The maximum Gasteiger partial charge on any atom is 0.179 e. The van der Waals surface area contributed by atoms with Gasteiger partial charge in [0.15, 0.2) is 5.65 Å². The number of hydrogen-bond acceptors (Lipinski definition) is 4. The van der Waals surface area contributed by atoms with E-state index in [4.69, 9.17) is 5.73 Å². The second-order valence-electron chi connectivity index (χ2n) is 5.44. The van der Waals surface area contributed by atoms with Crippen LogP contribution in [0.1, 0.15) is 26.1 Å². The van der Waals surface area contributed by atoms with E-state index >= 15 is 0 Å². The number of nitrogens with one attached hydrogen (secondary N) is 2. The number of H-pyrrole nitrogens is 1. The van der Waals surface area contributed by atoms with Crippen LogP contribution < -0.4 is 11.1 Å². The summed E-state index contributed by atoms with van der Waals surface area (Å²) >= 11 is 0. The molecule has 0 aliphatic rings. The van der Waals surface area contributed by atoms with Crippen molar-refractivity contribution in [3.05, 3.63) is 18.0 Å². The highest BCUT2D eigenvalue weighted by Crippen LogP contribution is 2.18. The van der Waals surface area contributed by atoms with E-state index in [1.807, 2.05) is 19.2 Å². The van der Waals surface area contributed by atoms with Gasteiger partial charge in [0.1, 0.15) is 11.6 Å². The highest BCUT2D eigenvalue weighted by molar-refractivity contribution is 5.72. The summed E-state index contributed by atoms with van der Waals surface area (Å²) in [6.45, 7) is 5.15. The highest BCUT2D eigenvalue weighted by Gasteiger charge is 2.13. The molecule has 0 aliphatic carbocycles. The van der Waals surface area contributed by atoms with Crippen molar-refractivity contribution in [3.8, 4) is 0 Å². The molecule has 1 unspecified atom stereocenters. The number of imidazole rings is 1. The van der Waals surface area contributed by atoms with E-state index in [0.29, 0.717) is 18.4 Å². The molecule has 2 rings (SSSR count). The summed E-state index contributed by atoms with van der Waals surface area (Å²) < 4.78 is 0. The lowest BCUT2D eigenvalue weighted by Gasteiger charge is -2.15. The Morgan fingerprint density at radius 3 is 2.74 bits per heavy atom. The molecule has 0 amide bonds. The molecule has 0 fully saturated rings. The van der Waals surface area contributed by atoms with Gasteiger partial charge in [0.2, 0.25) is 0 Å². The molecule has 5 nitrogen and oxygen atoms in total. The second kappa shape index (κ2) is 6.02. The molecule has 2 heterocycles. The Hall–Kier alpha value is -1.62. The van der Waals surface area contributed by atoms with Crippen molar-refractivity contribution in [2.45, 2.75) is 26.7 Å². The lowest BCUT2D eigenvalue weighted by molar-refractivity contribution is 0.410. The predicted molar refractivity (Wildman–Crippen MR) is 79.1 cm³/mol. The molecule has 1 atom stereocenters. The van der Waals surface area contributed by atoms with Gasteiger partial charge >= 0.3 is 0 Å². The number of aromatic nitrogens is 3. The van der Waals surface area contributed by atoms with Crippen molar-refractivity contribution < 1.29 is 0 Å². The fourth-order valence-corrected chi connectivity index (χ4v) is 2.38. The number of hydrogen-bond donors (Lipinski definition) is 3. The fourth-order valence-electron chi connectivity index (χ4n) is 2.38. The minimum atomic E-state index is 0.476. The molecule has 0 radical (unpaired) electrons. The molecule has 2 aromatic heterocycles. The highest BCUT2D eigenvalue weighted by atomic mass is 15.0. The summed E-state index contributed by atoms with van der Waals surface area (Å²) in [7, 11) is 1.86.